The number of hydrogen-bond acceptors (Lipinski definition) is 3. The van der Waals surface area contributed by atoms with E-state index in [0.717, 1.165) is 32.2 Å². The third-order valence-electron chi connectivity index (χ3n) is 6.36. The molecule has 0 aromatic rings. The van der Waals surface area contributed by atoms with Gasteiger partial charge in [0.2, 0.25) is 12.1 Å². The van der Waals surface area contributed by atoms with Gasteiger partial charge in [-0.3, -0.25) is 4.79 Å². The molecule has 0 amide bonds. The fourth-order valence-corrected chi connectivity index (χ4v) is 5.26. The van der Waals surface area contributed by atoms with Gasteiger partial charge in [-0.1, -0.05) is 5.57 Å². The van der Waals surface area contributed by atoms with Crippen LogP contribution in [0.5, 0.6) is 0 Å². The van der Waals surface area contributed by atoms with E-state index in [1.807, 2.05) is 6.92 Å². The lowest BCUT2D eigenvalue weighted by atomic mass is 9.64. The number of rotatable bonds is 1. The Labute approximate surface area is 131 Å². The predicted octanol–water partition coefficient (Wildman–Crippen LogP) is 2.53. The number of nitrogens with one attached hydrogen (secondary N) is 1. The normalized spacial score (nSPS) is 40.7. The molecule has 1 saturated heterocycles. The van der Waals surface area contributed by atoms with E-state index < -0.39 is 0 Å². The minimum absolute atomic E-state index is 0.0221. The SMILES string of the molecule is CC(=O)C1CCC2NCC3=C2C1=C1CC(C)[N+](=O)C(C)C1C3. The fraction of sp³-hybridized carbons (Fsp3) is 0.722. The van der Waals surface area contributed by atoms with Crippen molar-refractivity contribution >= 4 is 5.78 Å². The zero-order valence-corrected chi connectivity index (χ0v) is 13.7. The Morgan fingerprint density at radius 3 is 2.68 bits per heavy atom. The van der Waals surface area contributed by atoms with Crippen LogP contribution in [0.2, 0.25) is 0 Å². The highest BCUT2D eigenvalue weighted by atomic mass is 16.3. The van der Waals surface area contributed by atoms with Crippen LogP contribution in [-0.4, -0.2) is 35.2 Å². The van der Waals surface area contributed by atoms with Crippen molar-refractivity contribution in [2.75, 3.05) is 6.54 Å². The highest BCUT2D eigenvalue weighted by Crippen LogP contribution is 2.50. The summed E-state index contributed by atoms with van der Waals surface area (Å²) >= 11 is 0. The molecule has 0 spiro atoms. The number of ketones is 1. The Morgan fingerprint density at radius 2 is 1.95 bits per heavy atom. The van der Waals surface area contributed by atoms with Gasteiger partial charge in [-0.15, -0.1) is 0 Å². The molecular formula is C18H25N2O2+. The summed E-state index contributed by atoms with van der Waals surface area (Å²) in [5.74, 6) is 0.671. The highest BCUT2D eigenvalue weighted by molar-refractivity contribution is 5.84. The number of carbonyl (C=O) groups excluding carboxylic acids is 1. The minimum atomic E-state index is 0.0221. The second-order valence-electron chi connectivity index (χ2n) is 7.59. The maximum Gasteiger partial charge on any atom is 0.205 e. The molecule has 0 radical (unpaired) electrons. The summed E-state index contributed by atoms with van der Waals surface area (Å²) in [7, 11) is 0. The summed E-state index contributed by atoms with van der Waals surface area (Å²) in [5.41, 5.74) is 5.69. The Bertz CT molecular complexity index is 631. The van der Waals surface area contributed by atoms with E-state index in [0.29, 0.717) is 17.7 Å². The summed E-state index contributed by atoms with van der Waals surface area (Å²) in [6.45, 7) is 6.76. The van der Waals surface area contributed by atoms with Crippen LogP contribution < -0.4 is 5.32 Å². The maximum absolute atomic E-state index is 12.4. The van der Waals surface area contributed by atoms with Gasteiger partial charge in [0.25, 0.3) is 0 Å². The standard InChI is InChI=1S/C18H25N2O2/c1-9-6-15-14(10(2)20(9)22)7-12-8-19-16-5-4-13(11(3)21)18(15)17(12)16/h9-10,13-14,16,19H,4-8H2,1-3H3/q+1. The number of Topliss-reactive ketones (excluding diaryl/α,β-unsaturated/α-hetero) is 1. The summed E-state index contributed by atoms with van der Waals surface area (Å²) in [6.07, 6.45) is 3.87. The van der Waals surface area contributed by atoms with E-state index in [4.69, 9.17) is 0 Å². The summed E-state index contributed by atoms with van der Waals surface area (Å²) in [5, 5.41) is 3.63. The molecule has 1 N–H and O–H groups in total. The largest absolute Gasteiger partial charge is 0.306 e. The van der Waals surface area contributed by atoms with Crippen molar-refractivity contribution in [3.63, 3.8) is 0 Å². The summed E-state index contributed by atoms with van der Waals surface area (Å²) in [6, 6.07) is 0.497. The maximum atomic E-state index is 12.4. The zero-order chi connectivity index (χ0) is 15.6. The Morgan fingerprint density at radius 1 is 1.18 bits per heavy atom. The molecule has 0 aromatic heterocycles. The summed E-state index contributed by atoms with van der Waals surface area (Å²) in [4.78, 5) is 24.6. The second-order valence-corrected chi connectivity index (χ2v) is 7.59. The average Bonchev–Trinajstić information content (AvgIpc) is 2.90. The van der Waals surface area contributed by atoms with Crippen LogP contribution in [0.25, 0.3) is 0 Å². The lowest BCUT2D eigenvalue weighted by molar-refractivity contribution is -0.627. The topological polar surface area (TPSA) is 49.2 Å². The Hall–Kier alpha value is -1.29. The van der Waals surface area contributed by atoms with Gasteiger partial charge >= 0.3 is 0 Å². The van der Waals surface area contributed by atoms with Gasteiger partial charge in [-0.25, -0.2) is 0 Å². The van der Waals surface area contributed by atoms with Crippen molar-refractivity contribution < 1.29 is 9.55 Å². The van der Waals surface area contributed by atoms with E-state index in [1.165, 1.54) is 27.1 Å². The van der Waals surface area contributed by atoms with Crippen LogP contribution in [-0.2, 0) is 4.79 Å². The van der Waals surface area contributed by atoms with Gasteiger partial charge in [-0.2, -0.15) is 0 Å². The molecule has 0 aromatic carbocycles. The van der Waals surface area contributed by atoms with Gasteiger partial charge in [-0.05, 0) is 42.9 Å². The molecule has 1 saturated carbocycles. The number of piperidine rings is 1. The molecule has 4 heteroatoms. The van der Waals surface area contributed by atoms with Crippen LogP contribution in [0.1, 0.15) is 46.5 Å². The van der Waals surface area contributed by atoms with Crippen molar-refractivity contribution in [1.29, 1.82) is 0 Å². The molecule has 2 heterocycles. The summed E-state index contributed by atoms with van der Waals surface area (Å²) < 4.78 is 1.28. The second kappa shape index (κ2) is 4.85. The van der Waals surface area contributed by atoms with Crippen molar-refractivity contribution in [3.05, 3.63) is 27.2 Å². The Kier molecular flexibility index (Phi) is 3.16. The molecule has 5 unspecified atom stereocenters. The van der Waals surface area contributed by atoms with Crippen molar-refractivity contribution in [2.24, 2.45) is 11.8 Å². The number of nitrogens with zero attached hydrogens (tertiary/aromatic N) is 1. The van der Waals surface area contributed by atoms with Crippen molar-refractivity contribution in [1.82, 2.24) is 5.32 Å². The molecule has 2 aliphatic heterocycles. The average molecular weight is 301 g/mol. The van der Waals surface area contributed by atoms with Crippen LogP contribution in [0.3, 0.4) is 0 Å². The van der Waals surface area contributed by atoms with Gasteiger partial charge in [0.1, 0.15) is 5.78 Å². The third-order valence-corrected chi connectivity index (χ3v) is 6.36. The quantitative estimate of drug-likeness (QED) is 0.757. The Balaban J connectivity index is 1.88. The van der Waals surface area contributed by atoms with Gasteiger partial charge in [0.05, 0.1) is 5.92 Å². The molecule has 2 aliphatic carbocycles. The molecule has 5 atom stereocenters. The van der Waals surface area contributed by atoms with E-state index in [1.54, 1.807) is 6.92 Å². The molecule has 2 fully saturated rings. The number of carbonyl (C=O) groups is 1. The molecular weight excluding hydrogens is 276 g/mol. The van der Waals surface area contributed by atoms with Crippen LogP contribution >= 0.6 is 0 Å². The first-order chi connectivity index (χ1) is 10.5. The lowest BCUT2D eigenvalue weighted by Gasteiger charge is -2.40. The van der Waals surface area contributed by atoms with Crippen molar-refractivity contribution in [3.8, 4) is 0 Å². The van der Waals surface area contributed by atoms with Crippen LogP contribution in [0.4, 0.5) is 0 Å². The van der Waals surface area contributed by atoms with Crippen molar-refractivity contribution in [2.45, 2.75) is 64.6 Å². The zero-order valence-electron chi connectivity index (χ0n) is 13.7. The van der Waals surface area contributed by atoms with E-state index in [9.17, 15) is 9.70 Å². The highest BCUT2D eigenvalue weighted by Gasteiger charge is 2.50. The number of fused-ring (bicyclic) bond motifs is 1. The first kappa shape index (κ1) is 14.3. The lowest BCUT2D eigenvalue weighted by Crippen LogP contribution is -2.45. The third kappa shape index (κ3) is 1.82. The predicted molar refractivity (Wildman–Crippen MR) is 84.5 cm³/mol. The monoisotopic (exact) mass is 301 g/mol. The molecule has 22 heavy (non-hydrogen) atoms. The molecule has 4 aliphatic rings. The van der Waals surface area contributed by atoms with E-state index >= 15 is 0 Å². The first-order valence-electron chi connectivity index (χ1n) is 8.63. The minimum Gasteiger partial charge on any atom is -0.306 e. The molecule has 4 rings (SSSR count). The smallest absolute Gasteiger partial charge is 0.205 e. The molecule has 4 nitrogen and oxygen atoms in total. The van der Waals surface area contributed by atoms with Gasteiger partial charge in [0, 0.05) is 48.4 Å². The van der Waals surface area contributed by atoms with E-state index in [2.05, 4.69) is 12.2 Å². The molecule has 118 valence electrons. The van der Waals surface area contributed by atoms with Crippen LogP contribution in [0.15, 0.2) is 22.3 Å². The fourth-order valence-electron chi connectivity index (χ4n) is 5.26. The number of nitroso groups, excluding NO2 is 1. The van der Waals surface area contributed by atoms with Gasteiger partial charge < -0.3 is 5.32 Å². The first-order valence-corrected chi connectivity index (χ1v) is 8.63. The number of hydrogen-bond donors (Lipinski definition) is 1. The molecule has 0 bridgehead atoms. The van der Waals surface area contributed by atoms with E-state index in [-0.39, 0.29) is 18.0 Å². The van der Waals surface area contributed by atoms with Crippen LogP contribution in [0, 0.1) is 16.7 Å². The van der Waals surface area contributed by atoms with Gasteiger partial charge in [0.15, 0.2) is 0 Å².